The third-order valence-electron chi connectivity index (χ3n) is 3.33. The van der Waals surface area contributed by atoms with E-state index in [2.05, 4.69) is 31.9 Å². The maximum Gasteiger partial charge on any atom is 0.143 e. The predicted molar refractivity (Wildman–Crippen MR) is 72.4 cm³/mol. The molecule has 0 bridgehead atoms. The Morgan fingerprint density at radius 1 is 1.19 bits per heavy atom. The maximum atomic E-state index is 9.64. The molecule has 0 saturated heterocycles. The number of benzene rings is 1. The number of rotatable bonds is 2. The van der Waals surface area contributed by atoms with Crippen molar-refractivity contribution in [3.8, 4) is 5.75 Å². The van der Waals surface area contributed by atoms with Crippen molar-refractivity contribution in [3.05, 3.63) is 26.6 Å². The topological polar surface area (TPSA) is 46.2 Å². The predicted octanol–water partition coefficient (Wildman–Crippen LogP) is 4.11. The number of phenols is 1. The molecule has 1 aliphatic carbocycles. The van der Waals surface area contributed by atoms with Gasteiger partial charge in [-0.15, -0.1) is 0 Å². The van der Waals surface area contributed by atoms with Crippen LogP contribution in [0.15, 0.2) is 21.1 Å². The van der Waals surface area contributed by atoms with E-state index in [0.717, 1.165) is 5.56 Å². The molecule has 2 nitrogen and oxygen atoms in total. The molecule has 3 N–H and O–H groups in total. The van der Waals surface area contributed by atoms with Gasteiger partial charge in [0.2, 0.25) is 0 Å². The van der Waals surface area contributed by atoms with Crippen LogP contribution in [0, 0.1) is 5.92 Å². The summed E-state index contributed by atoms with van der Waals surface area (Å²) in [6, 6.07) is 3.92. The van der Waals surface area contributed by atoms with E-state index in [-0.39, 0.29) is 11.8 Å². The summed E-state index contributed by atoms with van der Waals surface area (Å²) < 4.78 is 1.40. The molecule has 16 heavy (non-hydrogen) atoms. The molecule has 4 heteroatoms. The minimum absolute atomic E-state index is 0.0794. The SMILES string of the molecule is N[C@@H](c1cc(Br)c(O)c(Br)c1)C1CCCC1. The molecule has 0 aromatic heterocycles. The molecular formula is C12H15Br2NO. The second-order valence-electron chi connectivity index (χ2n) is 4.40. The zero-order valence-corrected chi connectivity index (χ0v) is 12.1. The first-order valence-electron chi connectivity index (χ1n) is 5.53. The molecule has 1 saturated carbocycles. The molecule has 1 aromatic rings. The van der Waals surface area contributed by atoms with Crippen molar-refractivity contribution in [2.75, 3.05) is 0 Å². The number of aromatic hydroxyl groups is 1. The van der Waals surface area contributed by atoms with E-state index >= 15 is 0 Å². The maximum absolute atomic E-state index is 9.64. The highest BCUT2D eigenvalue weighted by atomic mass is 79.9. The van der Waals surface area contributed by atoms with Crippen LogP contribution >= 0.6 is 31.9 Å². The van der Waals surface area contributed by atoms with Crippen molar-refractivity contribution in [1.82, 2.24) is 0 Å². The van der Waals surface area contributed by atoms with Gasteiger partial charge in [0, 0.05) is 6.04 Å². The Balaban J connectivity index is 2.26. The minimum Gasteiger partial charge on any atom is -0.506 e. The molecule has 2 rings (SSSR count). The Labute approximate surface area is 112 Å². The average molecular weight is 349 g/mol. The van der Waals surface area contributed by atoms with E-state index < -0.39 is 0 Å². The number of nitrogens with two attached hydrogens (primary N) is 1. The van der Waals surface area contributed by atoms with Crippen LogP contribution in [-0.4, -0.2) is 5.11 Å². The standard InChI is InChI=1S/C12H15Br2NO/c13-9-5-8(6-10(14)12(9)16)11(15)7-3-1-2-4-7/h5-7,11,16H,1-4,15H2/t11-/m1/s1. The lowest BCUT2D eigenvalue weighted by Crippen LogP contribution is -2.19. The minimum atomic E-state index is 0.0794. The fourth-order valence-corrected chi connectivity index (χ4v) is 3.59. The van der Waals surface area contributed by atoms with E-state index in [1.165, 1.54) is 25.7 Å². The highest BCUT2D eigenvalue weighted by Crippen LogP contribution is 2.39. The molecule has 1 atom stereocenters. The third-order valence-corrected chi connectivity index (χ3v) is 4.54. The largest absolute Gasteiger partial charge is 0.506 e. The number of phenolic OH excluding ortho intramolecular Hbond substituents is 1. The molecule has 0 unspecified atom stereocenters. The van der Waals surface area contributed by atoms with Crippen molar-refractivity contribution in [3.63, 3.8) is 0 Å². The third kappa shape index (κ3) is 2.44. The van der Waals surface area contributed by atoms with Gasteiger partial charge >= 0.3 is 0 Å². The van der Waals surface area contributed by atoms with Crippen LogP contribution < -0.4 is 5.73 Å². The van der Waals surface area contributed by atoms with Crippen molar-refractivity contribution in [2.24, 2.45) is 11.7 Å². The zero-order chi connectivity index (χ0) is 11.7. The second kappa shape index (κ2) is 5.07. The molecule has 0 spiro atoms. The first-order chi connectivity index (χ1) is 7.59. The van der Waals surface area contributed by atoms with Crippen LogP contribution in [-0.2, 0) is 0 Å². The van der Waals surface area contributed by atoms with Gasteiger partial charge in [-0.3, -0.25) is 0 Å². The van der Waals surface area contributed by atoms with Gasteiger partial charge < -0.3 is 10.8 Å². The van der Waals surface area contributed by atoms with Gasteiger partial charge in [-0.25, -0.2) is 0 Å². The fraction of sp³-hybridized carbons (Fsp3) is 0.500. The molecule has 1 fully saturated rings. The summed E-state index contributed by atoms with van der Waals surface area (Å²) in [5.74, 6) is 0.825. The van der Waals surface area contributed by atoms with Gasteiger partial charge in [-0.1, -0.05) is 12.8 Å². The molecule has 1 aliphatic rings. The van der Waals surface area contributed by atoms with Gasteiger partial charge in [-0.05, 0) is 68.3 Å². The van der Waals surface area contributed by atoms with Crippen LogP contribution in [0.4, 0.5) is 0 Å². The molecule has 1 aromatic carbocycles. The average Bonchev–Trinajstić information content (AvgIpc) is 2.77. The van der Waals surface area contributed by atoms with Crippen molar-refractivity contribution in [2.45, 2.75) is 31.7 Å². The summed E-state index contributed by atoms with van der Waals surface area (Å²) in [4.78, 5) is 0. The molecule has 0 radical (unpaired) electrons. The van der Waals surface area contributed by atoms with E-state index in [1.54, 1.807) is 0 Å². The number of hydrogen-bond acceptors (Lipinski definition) is 2. The normalized spacial score (nSPS) is 18.9. The first-order valence-corrected chi connectivity index (χ1v) is 7.11. The van der Waals surface area contributed by atoms with E-state index in [4.69, 9.17) is 5.73 Å². The summed E-state index contributed by atoms with van der Waals surface area (Å²) in [6.07, 6.45) is 5.02. The van der Waals surface area contributed by atoms with Crippen molar-refractivity contribution in [1.29, 1.82) is 0 Å². The Morgan fingerprint density at radius 2 is 1.69 bits per heavy atom. The summed E-state index contributed by atoms with van der Waals surface area (Å²) in [5.41, 5.74) is 7.35. The van der Waals surface area contributed by atoms with Crippen LogP contribution in [0.2, 0.25) is 0 Å². The van der Waals surface area contributed by atoms with Crippen molar-refractivity contribution >= 4 is 31.9 Å². The summed E-state index contributed by atoms with van der Waals surface area (Å²) in [7, 11) is 0. The quantitative estimate of drug-likeness (QED) is 0.844. The van der Waals surface area contributed by atoms with Crippen LogP contribution in [0.1, 0.15) is 37.3 Å². The smallest absolute Gasteiger partial charge is 0.143 e. The molecule has 0 aliphatic heterocycles. The van der Waals surface area contributed by atoms with Gasteiger partial charge in [0.25, 0.3) is 0 Å². The van der Waals surface area contributed by atoms with E-state index in [9.17, 15) is 5.11 Å². The van der Waals surface area contributed by atoms with Gasteiger partial charge in [0.15, 0.2) is 0 Å². The summed E-state index contributed by atoms with van der Waals surface area (Å²) in [6.45, 7) is 0. The van der Waals surface area contributed by atoms with Crippen molar-refractivity contribution < 1.29 is 5.11 Å². The van der Waals surface area contributed by atoms with Crippen LogP contribution in [0.5, 0.6) is 5.75 Å². The Bertz CT molecular complexity index is 366. The second-order valence-corrected chi connectivity index (χ2v) is 6.11. The van der Waals surface area contributed by atoms with Gasteiger partial charge in [0.05, 0.1) is 8.95 Å². The fourth-order valence-electron chi connectivity index (χ4n) is 2.37. The highest BCUT2D eigenvalue weighted by molar-refractivity contribution is 9.11. The Morgan fingerprint density at radius 3 is 2.19 bits per heavy atom. The lowest BCUT2D eigenvalue weighted by molar-refractivity contribution is 0.441. The van der Waals surface area contributed by atoms with E-state index in [1.807, 2.05) is 12.1 Å². The first kappa shape index (κ1) is 12.4. The lowest BCUT2D eigenvalue weighted by atomic mass is 9.92. The summed E-state index contributed by atoms with van der Waals surface area (Å²) in [5, 5.41) is 9.64. The molecular weight excluding hydrogens is 334 g/mol. The van der Waals surface area contributed by atoms with Crippen LogP contribution in [0.3, 0.4) is 0 Å². The van der Waals surface area contributed by atoms with E-state index in [0.29, 0.717) is 14.9 Å². The lowest BCUT2D eigenvalue weighted by Gasteiger charge is -2.20. The van der Waals surface area contributed by atoms with Gasteiger partial charge in [0.1, 0.15) is 5.75 Å². The highest BCUT2D eigenvalue weighted by Gasteiger charge is 2.24. The number of hydrogen-bond donors (Lipinski definition) is 2. The molecule has 0 heterocycles. The zero-order valence-electron chi connectivity index (χ0n) is 8.92. The van der Waals surface area contributed by atoms with Gasteiger partial charge in [-0.2, -0.15) is 0 Å². The number of halogens is 2. The Hall–Kier alpha value is -0.0600. The molecule has 88 valence electrons. The van der Waals surface area contributed by atoms with Crippen LogP contribution in [0.25, 0.3) is 0 Å². The Kier molecular flexibility index (Phi) is 3.93. The molecule has 0 amide bonds. The summed E-state index contributed by atoms with van der Waals surface area (Å²) >= 11 is 6.68. The monoisotopic (exact) mass is 347 g/mol.